The van der Waals surface area contributed by atoms with Crippen LogP contribution in [0.4, 0.5) is 5.82 Å². The van der Waals surface area contributed by atoms with Gasteiger partial charge in [0.2, 0.25) is 0 Å². The van der Waals surface area contributed by atoms with Gasteiger partial charge in [-0.1, -0.05) is 13.8 Å². The molecule has 3 nitrogen and oxygen atoms in total. The van der Waals surface area contributed by atoms with E-state index in [1.54, 1.807) is 0 Å². The number of aromatic amines is 1. The molecule has 84 valence electrons. The summed E-state index contributed by atoms with van der Waals surface area (Å²) >= 11 is 0. The van der Waals surface area contributed by atoms with Crippen LogP contribution in [0.2, 0.25) is 0 Å². The number of anilines is 1. The number of rotatable bonds is 2. The second-order valence-electron chi connectivity index (χ2n) is 5.21. The van der Waals surface area contributed by atoms with Gasteiger partial charge < -0.3 is 5.32 Å². The van der Waals surface area contributed by atoms with Crippen molar-refractivity contribution in [2.75, 3.05) is 5.32 Å². The zero-order chi connectivity index (χ0) is 11.0. The second-order valence-corrected chi connectivity index (χ2v) is 5.21. The van der Waals surface area contributed by atoms with E-state index in [0.29, 0.717) is 12.0 Å². The minimum absolute atomic E-state index is 0.449. The highest BCUT2D eigenvalue weighted by Gasteiger charge is 2.26. The zero-order valence-electron chi connectivity index (χ0n) is 10.1. The number of hydrogen-bond donors (Lipinski definition) is 2. The third-order valence-corrected chi connectivity index (χ3v) is 3.13. The first-order valence-corrected chi connectivity index (χ1v) is 5.91. The Labute approximate surface area is 91.7 Å². The van der Waals surface area contributed by atoms with Crippen LogP contribution in [-0.4, -0.2) is 16.2 Å². The van der Waals surface area contributed by atoms with Crippen molar-refractivity contribution in [3.8, 4) is 0 Å². The van der Waals surface area contributed by atoms with E-state index in [4.69, 9.17) is 0 Å². The van der Waals surface area contributed by atoms with Gasteiger partial charge in [-0.3, -0.25) is 5.10 Å². The van der Waals surface area contributed by atoms with Gasteiger partial charge >= 0.3 is 0 Å². The molecule has 1 heterocycles. The first-order valence-electron chi connectivity index (χ1n) is 5.91. The summed E-state index contributed by atoms with van der Waals surface area (Å²) in [7, 11) is 0. The molecule has 1 aliphatic rings. The molecule has 3 heteroatoms. The van der Waals surface area contributed by atoms with Crippen molar-refractivity contribution in [2.45, 2.75) is 52.5 Å². The van der Waals surface area contributed by atoms with E-state index in [0.717, 1.165) is 18.2 Å². The van der Waals surface area contributed by atoms with Gasteiger partial charge in [0, 0.05) is 17.3 Å². The summed E-state index contributed by atoms with van der Waals surface area (Å²) in [5.74, 6) is 2.47. The van der Waals surface area contributed by atoms with Crippen LogP contribution in [0, 0.1) is 5.92 Å². The summed E-state index contributed by atoms with van der Waals surface area (Å²) in [5, 5.41) is 11.0. The smallest absolute Gasteiger partial charge is 0.151 e. The van der Waals surface area contributed by atoms with Crippen LogP contribution in [-0.2, 0) is 6.42 Å². The van der Waals surface area contributed by atoms with Gasteiger partial charge in [0.25, 0.3) is 0 Å². The molecule has 0 spiro atoms. The van der Waals surface area contributed by atoms with Crippen LogP contribution >= 0.6 is 0 Å². The Hall–Kier alpha value is -0.990. The first-order chi connectivity index (χ1) is 7.08. The van der Waals surface area contributed by atoms with Gasteiger partial charge in [-0.25, -0.2) is 0 Å². The Balaban J connectivity index is 2.28. The molecular weight excluding hydrogens is 186 g/mol. The molecule has 0 saturated carbocycles. The zero-order valence-corrected chi connectivity index (χ0v) is 10.1. The lowest BCUT2D eigenvalue weighted by atomic mass is 9.82. The number of nitrogens with zero attached hydrogens (tertiary/aromatic N) is 1. The third-order valence-electron chi connectivity index (χ3n) is 3.13. The Kier molecular flexibility index (Phi) is 2.72. The lowest BCUT2D eigenvalue weighted by Crippen LogP contribution is -2.17. The molecule has 0 fully saturated rings. The molecule has 2 rings (SSSR count). The van der Waals surface area contributed by atoms with Gasteiger partial charge in [-0.05, 0) is 38.5 Å². The maximum absolute atomic E-state index is 4.39. The lowest BCUT2D eigenvalue weighted by molar-refractivity contribution is 0.445. The Morgan fingerprint density at radius 1 is 1.40 bits per heavy atom. The molecule has 0 amide bonds. The quantitative estimate of drug-likeness (QED) is 0.783. The van der Waals surface area contributed by atoms with E-state index in [9.17, 15) is 0 Å². The van der Waals surface area contributed by atoms with Gasteiger partial charge in [0.1, 0.15) is 0 Å². The van der Waals surface area contributed by atoms with E-state index in [2.05, 4.69) is 43.2 Å². The summed E-state index contributed by atoms with van der Waals surface area (Å²) in [6.45, 7) is 8.91. The van der Waals surface area contributed by atoms with Crippen molar-refractivity contribution in [2.24, 2.45) is 5.92 Å². The standard InChI is InChI=1S/C12H21N3/c1-7(2)13-12-10-6-8(3)5-9(4)11(10)14-15-12/h7-9H,5-6H2,1-4H3,(H2,13,14,15). The number of hydrogen-bond acceptors (Lipinski definition) is 2. The lowest BCUT2D eigenvalue weighted by Gasteiger charge is -2.24. The molecule has 15 heavy (non-hydrogen) atoms. The van der Waals surface area contributed by atoms with Crippen LogP contribution < -0.4 is 5.32 Å². The Morgan fingerprint density at radius 2 is 2.13 bits per heavy atom. The van der Waals surface area contributed by atoms with Gasteiger partial charge in [-0.2, -0.15) is 5.10 Å². The molecule has 0 radical (unpaired) electrons. The number of fused-ring (bicyclic) bond motifs is 1. The van der Waals surface area contributed by atoms with E-state index in [-0.39, 0.29) is 0 Å². The first kappa shape index (κ1) is 10.5. The van der Waals surface area contributed by atoms with Crippen molar-refractivity contribution in [3.05, 3.63) is 11.3 Å². The van der Waals surface area contributed by atoms with E-state index >= 15 is 0 Å². The minimum Gasteiger partial charge on any atom is -0.366 e. The molecule has 1 aromatic rings. The van der Waals surface area contributed by atoms with E-state index in [1.165, 1.54) is 17.7 Å². The average molecular weight is 207 g/mol. The fraction of sp³-hybridized carbons (Fsp3) is 0.750. The predicted molar refractivity (Wildman–Crippen MR) is 63.2 cm³/mol. The molecule has 0 aromatic carbocycles. The summed E-state index contributed by atoms with van der Waals surface area (Å²) < 4.78 is 0. The van der Waals surface area contributed by atoms with E-state index < -0.39 is 0 Å². The van der Waals surface area contributed by atoms with Crippen molar-refractivity contribution < 1.29 is 0 Å². The van der Waals surface area contributed by atoms with Crippen molar-refractivity contribution in [1.82, 2.24) is 10.2 Å². The van der Waals surface area contributed by atoms with Gasteiger partial charge in [-0.15, -0.1) is 0 Å². The SMILES string of the molecule is CC1Cc2c(NC(C)C)n[nH]c2C(C)C1. The number of H-pyrrole nitrogens is 1. The van der Waals surface area contributed by atoms with Crippen molar-refractivity contribution >= 4 is 5.82 Å². The monoisotopic (exact) mass is 207 g/mol. The fourth-order valence-electron chi connectivity index (χ4n) is 2.54. The highest BCUT2D eigenvalue weighted by atomic mass is 15.2. The summed E-state index contributed by atoms with van der Waals surface area (Å²) in [6, 6.07) is 0.449. The molecule has 1 aliphatic carbocycles. The van der Waals surface area contributed by atoms with Crippen molar-refractivity contribution in [3.63, 3.8) is 0 Å². The summed E-state index contributed by atoms with van der Waals surface area (Å²) in [6.07, 6.45) is 2.43. The van der Waals surface area contributed by atoms with Gasteiger partial charge in [0.05, 0.1) is 0 Å². The predicted octanol–water partition coefficient (Wildman–Crippen LogP) is 2.92. The largest absolute Gasteiger partial charge is 0.366 e. The molecule has 1 aromatic heterocycles. The Morgan fingerprint density at radius 3 is 2.80 bits per heavy atom. The van der Waals surface area contributed by atoms with Crippen LogP contribution in [0.3, 0.4) is 0 Å². The van der Waals surface area contributed by atoms with Crippen molar-refractivity contribution in [1.29, 1.82) is 0 Å². The molecule has 0 bridgehead atoms. The minimum atomic E-state index is 0.449. The van der Waals surface area contributed by atoms with E-state index in [1.807, 2.05) is 0 Å². The fourth-order valence-corrected chi connectivity index (χ4v) is 2.54. The highest BCUT2D eigenvalue weighted by Crippen LogP contribution is 2.36. The molecule has 2 N–H and O–H groups in total. The highest BCUT2D eigenvalue weighted by molar-refractivity contribution is 5.49. The van der Waals surface area contributed by atoms with Crippen LogP contribution in [0.15, 0.2) is 0 Å². The number of nitrogens with one attached hydrogen (secondary N) is 2. The molecule has 2 unspecified atom stereocenters. The van der Waals surface area contributed by atoms with Crippen LogP contribution in [0.25, 0.3) is 0 Å². The third kappa shape index (κ3) is 2.01. The Bertz CT molecular complexity index is 341. The normalized spacial score (nSPS) is 25.4. The summed E-state index contributed by atoms with van der Waals surface area (Å²) in [4.78, 5) is 0. The van der Waals surface area contributed by atoms with Crippen LogP contribution in [0.5, 0.6) is 0 Å². The van der Waals surface area contributed by atoms with Crippen LogP contribution in [0.1, 0.15) is 51.3 Å². The maximum Gasteiger partial charge on any atom is 0.151 e. The molecule has 0 saturated heterocycles. The molecule has 0 aliphatic heterocycles. The number of aromatic nitrogens is 2. The topological polar surface area (TPSA) is 40.7 Å². The molecule has 2 atom stereocenters. The summed E-state index contributed by atoms with van der Waals surface area (Å²) in [5.41, 5.74) is 2.76. The molecular formula is C12H21N3. The average Bonchev–Trinajstić information content (AvgIpc) is 2.48. The second kappa shape index (κ2) is 3.87. The van der Waals surface area contributed by atoms with Gasteiger partial charge in [0.15, 0.2) is 5.82 Å². The maximum atomic E-state index is 4.39.